The van der Waals surface area contributed by atoms with Crippen molar-refractivity contribution < 1.29 is 14.3 Å². The molecule has 0 radical (unpaired) electrons. The summed E-state index contributed by atoms with van der Waals surface area (Å²) in [6.07, 6.45) is 3.04. The standard InChI is InChI=1S/C24H28Cl2N4O3/c1-33-22-4-2-3-21(28-22)16-7-10-29(11-8-16)18-9-12-30(15-18)23(31)14-27-24(32)17-5-6-19(25)20(26)13-17/h2-6,13,16,18H,7-12,14-15H2,1H3,(H,27,32). The molecule has 9 heteroatoms. The van der Waals surface area contributed by atoms with Crippen LogP contribution in [-0.2, 0) is 4.79 Å². The molecule has 0 bridgehead atoms. The Hall–Kier alpha value is -2.35. The van der Waals surface area contributed by atoms with Gasteiger partial charge in [-0.25, -0.2) is 4.98 Å². The van der Waals surface area contributed by atoms with Gasteiger partial charge in [-0.15, -0.1) is 0 Å². The van der Waals surface area contributed by atoms with Crippen molar-refractivity contribution in [3.63, 3.8) is 0 Å². The number of aromatic nitrogens is 1. The fraction of sp³-hybridized carbons (Fsp3) is 0.458. The summed E-state index contributed by atoms with van der Waals surface area (Å²) in [5.41, 5.74) is 1.47. The molecule has 2 aliphatic rings. The summed E-state index contributed by atoms with van der Waals surface area (Å²) in [6.45, 7) is 3.36. The molecule has 0 aliphatic carbocycles. The number of halogens is 2. The second-order valence-electron chi connectivity index (χ2n) is 8.51. The minimum atomic E-state index is -0.342. The van der Waals surface area contributed by atoms with E-state index in [0.717, 1.165) is 38.0 Å². The Bertz CT molecular complexity index is 1010. The lowest BCUT2D eigenvalue weighted by molar-refractivity contribution is -0.129. The lowest BCUT2D eigenvalue weighted by Crippen LogP contribution is -2.44. The summed E-state index contributed by atoms with van der Waals surface area (Å²) >= 11 is 11.9. The first-order valence-corrected chi connectivity index (χ1v) is 12.0. The molecular weight excluding hydrogens is 463 g/mol. The molecule has 4 rings (SSSR count). The largest absolute Gasteiger partial charge is 0.481 e. The summed E-state index contributed by atoms with van der Waals surface area (Å²) in [6, 6.07) is 11.0. The van der Waals surface area contributed by atoms with Crippen molar-refractivity contribution in [2.75, 3.05) is 39.8 Å². The van der Waals surface area contributed by atoms with E-state index in [0.29, 0.717) is 46.5 Å². The predicted octanol–water partition coefficient (Wildman–Crippen LogP) is 3.61. The average molecular weight is 491 g/mol. The topological polar surface area (TPSA) is 74.8 Å². The highest BCUT2D eigenvalue weighted by atomic mass is 35.5. The summed E-state index contributed by atoms with van der Waals surface area (Å²) in [5, 5.41) is 3.38. The van der Waals surface area contributed by atoms with Crippen molar-refractivity contribution in [2.24, 2.45) is 0 Å². The number of pyridine rings is 1. The molecule has 1 unspecified atom stereocenters. The molecule has 1 aromatic carbocycles. The van der Waals surface area contributed by atoms with Crippen LogP contribution in [0.2, 0.25) is 10.0 Å². The molecule has 0 spiro atoms. The number of likely N-dealkylation sites (tertiary alicyclic amines) is 2. The number of hydrogen-bond donors (Lipinski definition) is 1. The Morgan fingerprint density at radius 2 is 1.88 bits per heavy atom. The number of ether oxygens (including phenoxy) is 1. The number of benzene rings is 1. The van der Waals surface area contributed by atoms with Gasteiger partial charge in [0.25, 0.3) is 5.91 Å². The maximum atomic E-state index is 12.7. The first kappa shape index (κ1) is 23.8. The molecule has 7 nitrogen and oxygen atoms in total. The smallest absolute Gasteiger partial charge is 0.251 e. The van der Waals surface area contributed by atoms with E-state index in [1.54, 1.807) is 19.2 Å². The molecule has 176 valence electrons. The normalized spacial score (nSPS) is 19.5. The Labute approximate surface area is 204 Å². The van der Waals surface area contributed by atoms with Gasteiger partial charge >= 0.3 is 0 Å². The van der Waals surface area contributed by atoms with Gasteiger partial charge in [-0.2, -0.15) is 0 Å². The number of carbonyl (C=O) groups excluding carboxylic acids is 2. The first-order valence-electron chi connectivity index (χ1n) is 11.2. The fourth-order valence-electron chi connectivity index (χ4n) is 4.61. The van der Waals surface area contributed by atoms with Crippen LogP contribution in [-0.4, -0.2) is 72.5 Å². The molecule has 2 aromatic rings. The fourth-order valence-corrected chi connectivity index (χ4v) is 4.90. The molecule has 3 heterocycles. The Morgan fingerprint density at radius 3 is 2.61 bits per heavy atom. The van der Waals surface area contributed by atoms with Crippen LogP contribution in [0.5, 0.6) is 5.88 Å². The predicted molar refractivity (Wildman–Crippen MR) is 128 cm³/mol. The van der Waals surface area contributed by atoms with Gasteiger partial charge in [0.1, 0.15) is 0 Å². The molecule has 0 saturated carbocycles. The van der Waals surface area contributed by atoms with Gasteiger partial charge in [0.15, 0.2) is 0 Å². The van der Waals surface area contributed by atoms with Crippen LogP contribution in [0.3, 0.4) is 0 Å². The first-order chi connectivity index (χ1) is 15.9. The van der Waals surface area contributed by atoms with Gasteiger partial charge in [0, 0.05) is 42.4 Å². The third-order valence-corrected chi connectivity index (χ3v) is 7.26. The SMILES string of the molecule is COc1cccc(C2CCN(C3CCN(C(=O)CNC(=O)c4ccc(Cl)c(Cl)c4)C3)CC2)n1. The van der Waals surface area contributed by atoms with E-state index in [9.17, 15) is 9.59 Å². The van der Waals surface area contributed by atoms with E-state index in [-0.39, 0.29) is 18.4 Å². The number of nitrogens with zero attached hydrogens (tertiary/aromatic N) is 3. The Kier molecular flexibility index (Phi) is 7.73. The lowest BCUT2D eigenvalue weighted by Gasteiger charge is -2.35. The van der Waals surface area contributed by atoms with Gasteiger partial charge in [-0.05, 0) is 56.6 Å². The van der Waals surface area contributed by atoms with E-state index in [1.807, 2.05) is 17.0 Å². The third kappa shape index (κ3) is 5.78. The Balaban J connectivity index is 1.23. The van der Waals surface area contributed by atoms with Crippen molar-refractivity contribution in [3.05, 3.63) is 57.7 Å². The second kappa shape index (κ2) is 10.7. The summed E-state index contributed by atoms with van der Waals surface area (Å²) in [7, 11) is 1.64. The van der Waals surface area contributed by atoms with Crippen LogP contribution in [0, 0.1) is 0 Å². The molecule has 2 amide bonds. The van der Waals surface area contributed by atoms with Crippen molar-refractivity contribution >= 4 is 35.0 Å². The maximum Gasteiger partial charge on any atom is 0.251 e. The number of carbonyl (C=O) groups is 2. The summed E-state index contributed by atoms with van der Waals surface area (Å²) in [4.78, 5) is 33.9. The van der Waals surface area contributed by atoms with Crippen molar-refractivity contribution in [1.82, 2.24) is 20.1 Å². The highest BCUT2D eigenvalue weighted by Gasteiger charge is 2.33. The van der Waals surface area contributed by atoms with Gasteiger partial charge in [-0.3, -0.25) is 14.5 Å². The minimum absolute atomic E-state index is 0.0324. The van der Waals surface area contributed by atoms with Gasteiger partial charge in [-0.1, -0.05) is 29.3 Å². The summed E-state index contributed by atoms with van der Waals surface area (Å²) < 4.78 is 5.26. The third-order valence-electron chi connectivity index (χ3n) is 6.52. The van der Waals surface area contributed by atoms with Crippen LogP contribution in [0.25, 0.3) is 0 Å². The van der Waals surface area contributed by atoms with Crippen molar-refractivity contribution in [1.29, 1.82) is 0 Å². The quantitative estimate of drug-likeness (QED) is 0.669. The molecule has 1 aromatic heterocycles. The van der Waals surface area contributed by atoms with E-state index >= 15 is 0 Å². The van der Waals surface area contributed by atoms with Crippen LogP contribution >= 0.6 is 23.2 Å². The molecule has 1 N–H and O–H groups in total. The highest BCUT2D eigenvalue weighted by Crippen LogP contribution is 2.30. The number of rotatable bonds is 6. The zero-order chi connectivity index (χ0) is 23.4. The molecule has 33 heavy (non-hydrogen) atoms. The maximum absolute atomic E-state index is 12.7. The second-order valence-corrected chi connectivity index (χ2v) is 9.32. The number of piperidine rings is 1. The van der Waals surface area contributed by atoms with E-state index in [1.165, 1.54) is 6.07 Å². The number of methoxy groups -OCH3 is 1. The van der Waals surface area contributed by atoms with Gasteiger partial charge < -0.3 is 15.0 Å². The van der Waals surface area contributed by atoms with Crippen LogP contribution < -0.4 is 10.1 Å². The van der Waals surface area contributed by atoms with Gasteiger partial charge in [0.2, 0.25) is 11.8 Å². The lowest BCUT2D eigenvalue weighted by atomic mass is 9.92. The van der Waals surface area contributed by atoms with E-state index in [4.69, 9.17) is 27.9 Å². The molecule has 2 fully saturated rings. The molecule has 1 atom stereocenters. The highest BCUT2D eigenvalue weighted by molar-refractivity contribution is 6.42. The molecule has 2 saturated heterocycles. The molecular formula is C24H28Cl2N4O3. The zero-order valence-electron chi connectivity index (χ0n) is 18.6. The van der Waals surface area contributed by atoms with Crippen LogP contribution in [0.1, 0.15) is 41.2 Å². The van der Waals surface area contributed by atoms with Crippen molar-refractivity contribution in [3.8, 4) is 5.88 Å². The summed E-state index contributed by atoms with van der Waals surface area (Å²) in [5.74, 6) is 0.686. The number of hydrogen-bond acceptors (Lipinski definition) is 5. The van der Waals surface area contributed by atoms with Crippen LogP contribution in [0.4, 0.5) is 0 Å². The average Bonchev–Trinajstić information content (AvgIpc) is 3.34. The van der Waals surface area contributed by atoms with E-state index < -0.39 is 0 Å². The van der Waals surface area contributed by atoms with Crippen molar-refractivity contribution in [2.45, 2.75) is 31.2 Å². The monoisotopic (exact) mass is 490 g/mol. The molecule has 2 aliphatic heterocycles. The number of amides is 2. The van der Waals surface area contributed by atoms with Crippen LogP contribution in [0.15, 0.2) is 36.4 Å². The number of nitrogens with one attached hydrogen (secondary N) is 1. The van der Waals surface area contributed by atoms with Gasteiger partial charge in [0.05, 0.1) is 23.7 Å². The van der Waals surface area contributed by atoms with E-state index in [2.05, 4.69) is 21.3 Å². The Morgan fingerprint density at radius 1 is 1.09 bits per heavy atom. The minimum Gasteiger partial charge on any atom is -0.481 e. The zero-order valence-corrected chi connectivity index (χ0v) is 20.1.